The average Bonchev–Trinajstić information content (AvgIpc) is 2.27. The second-order valence-electron chi connectivity index (χ2n) is 2.98. The number of ether oxygens (including phenoxy) is 1. The number of nitrogens with one attached hydrogen (secondary N) is 1. The first kappa shape index (κ1) is 8.53. The van der Waals surface area contributed by atoms with Crippen molar-refractivity contribution in [2.75, 3.05) is 0 Å². The van der Waals surface area contributed by atoms with Gasteiger partial charge in [-0.1, -0.05) is 13.8 Å². The quantitative estimate of drug-likeness (QED) is 0.608. The van der Waals surface area contributed by atoms with Crippen LogP contribution >= 0.6 is 0 Å². The van der Waals surface area contributed by atoms with Crippen molar-refractivity contribution < 1.29 is 9.53 Å². The van der Waals surface area contributed by atoms with Gasteiger partial charge in [0.2, 0.25) is 0 Å². The molecule has 0 amide bonds. The van der Waals surface area contributed by atoms with E-state index in [0.29, 0.717) is 0 Å². The fourth-order valence-corrected chi connectivity index (χ4v) is 1.49. The zero-order chi connectivity index (χ0) is 8.48. The van der Waals surface area contributed by atoms with Gasteiger partial charge in [-0.2, -0.15) is 0 Å². The molecule has 0 bridgehead atoms. The monoisotopic (exact) mass is 157 g/mol. The van der Waals surface area contributed by atoms with Crippen LogP contribution in [0.5, 0.6) is 0 Å². The van der Waals surface area contributed by atoms with Crippen LogP contribution in [0.3, 0.4) is 0 Å². The number of hydrogen-bond donors (Lipinski definition) is 1. The summed E-state index contributed by atoms with van der Waals surface area (Å²) >= 11 is 0. The van der Waals surface area contributed by atoms with E-state index in [9.17, 15) is 4.79 Å². The van der Waals surface area contributed by atoms with Crippen molar-refractivity contribution in [2.45, 2.75) is 45.4 Å². The topological polar surface area (TPSA) is 38.3 Å². The lowest BCUT2D eigenvalue weighted by Gasteiger charge is -2.20. The van der Waals surface area contributed by atoms with E-state index in [1.165, 1.54) is 0 Å². The van der Waals surface area contributed by atoms with Gasteiger partial charge in [0.15, 0.2) is 6.23 Å². The molecule has 1 saturated heterocycles. The Bertz CT molecular complexity index is 163. The van der Waals surface area contributed by atoms with Crippen molar-refractivity contribution in [1.29, 1.82) is 0 Å². The summed E-state index contributed by atoms with van der Waals surface area (Å²) in [5, 5.41) is 3.14. The smallest absolute Gasteiger partial charge is 0.327 e. The van der Waals surface area contributed by atoms with Crippen LogP contribution in [0.4, 0.5) is 0 Å². The van der Waals surface area contributed by atoms with E-state index in [1.807, 2.05) is 20.8 Å². The molecule has 64 valence electrons. The number of esters is 1. The summed E-state index contributed by atoms with van der Waals surface area (Å²) in [6.07, 6.45) is 1.47. The largest absolute Gasteiger partial charge is 0.445 e. The summed E-state index contributed by atoms with van der Waals surface area (Å²) in [4.78, 5) is 11.3. The normalized spacial score (nSPS) is 28.6. The Labute approximate surface area is 67.1 Å². The summed E-state index contributed by atoms with van der Waals surface area (Å²) in [5.41, 5.74) is -0.403. The lowest BCUT2D eigenvalue weighted by atomic mass is 9.94. The molecule has 0 aromatic heterocycles. The van der Waals surface area contributed by atoms with E-state index in [-0.39, 0.29) is 12.2 Å². The molecule has 0 spiro atoms. The van der Waals surface area contributed by atoms with Gasteiger partial charge >= 0.3 is 5.97 Å². The maximum absolute atomic E-state index is 11.3. The maximum Gasteiger partial charge on any atom is 0.327 e. The zero-order valence-electron chi connectivity index (χ0n) is 7.31. The molecule has 11 heavy (non-hydrogen) atoms. The van der Waals surface area contributed by atoms with Crippen LogP contribution in [0.2, 0.25) is 0 Å². The highest BCUT2D eigenvalue weighted by Crippen LogP contribution is 2.23. The molecule has 1 aliphatic rings. The van der Waals surface area contributed by atoms with Crippen LogP contribution in [-0.2, 0) is 9.53 Å². The van der Waals surface area contributed by atoms with Gasteiger partial charge in [0, 0.05) is 0 Å². The van der Waals surface area contributed by atoms with Crippen molar-refractivity contribution >= 4 is 5.97 Å². The molecule has 1 unspecified atom stereocenters. The molecule has 0 aliphatic carbocycles. The van der Waals surface area contributed by atoms with E-state index < -0.39 is 5.54 Å². The van der Waals surface area contributed by atoms with Crippen molar-refractivity contribution in [3.63, 3.8) is 0 Å². The maximum atomic E-state index is 11.3. The predicted molar refractivity (Wildman–Crippen MR) is 42.0 cm³/mol. The number of hydrogen-bond acceptors (Lipinski definition) is 3. The van der Waals surface area contributed by atoms with Gasteiger partial charge < -0.3 is 4.74 Å². The molecule has 0 radical (unpaired) electrons. The van der Waals surface area contributed by atoms with Gasteiger partial charge in [-0.05, 0) is 19.8 Å². The van der Waals surface area contributed by atoms with Crippen LogP contribution < -0.4 is 5.32 Å². The van der Waals surface area contributed by atoms with Gasteiger partial charge in [-0.15, -0.1) is 0 Å². The highest BCUT2D eigenvalue weighted by molar-refractivity contribution is 5.82. The van der Waals surface area contributed by atoms with E-state index in [4.69, 9.17) is 4.74 Å². The molecule has 1 atom stereocenters. The molecule has 0 aromatic carbocycles. The van der Waals surface area contributed by atoms with E-state index in [0.717, 1.165) is 12.8 Å². The Hall–Kier alpha value is -0.570. The summed E-state index contributed by atoms with van der Waals surface area (Å²) in [6, 6.07) is 0. The molecular formula is C8H15NO2. The van der Waals surface area contributed by atoms with Gasteiger partial charge in [0.1, 0.15) is 5.54 Å². The van der Waals surface area contributed by atoms with E-state index >= 15 is 0 Å². The molecule has 0 saturated carbocycles. The standard InChI is InChI=1S/C8H15NO2/c1-4-8(5-2)7(10)11-6(3)9-8/h6,9H,4-5H2,1-3H3. The molecule has 3 nitrogen and oxygen atoms in total. The van der Waals surface area contributed by atoms with Crippen LogP contribution in [0, 0.1) is 0 Å². The van der Waals surface area contributed by atoms with E-state index in [1.54, 1.807) is 0 Å². The first-order valence-electron chi connectivity index (χ1n) is 4.13. The molecule has 1 fully saturated rings. The zero-order valence-corrected chi connectivity index (χ0v) is 7.31. The van der Waals surface area contributed by atoms with Gasteiger partial charge in [-0.3, -0.25) is 5.32 Å². The lowest BCUT2D eigenvalue weighted by Crippen LogP contribution is -2.45. The molecule has 0 aromatic rings. The lowest BCUT2D eigenvalue weighted by molar-refractivity contribution is -0.145. The Morgan fingerprint density at radius 3 is 2.27 bits per heavy atom. The molecule has 1 heterocycles. The third-order valence-corrected chi connectivity index (χ3v) is 2.36. The first-order valence-corrected chi connectivity index (χ1v) is 4.13. The number of carbonyl (C=O) groups excluding carboxylic acids is 1. The van der Waals surface area contributed by atoms with Crippen LogP contribution in [0.1, 0.15) is 33.6 Å². The summed E-state index contributed by atoms with van der Waals surface area (Å²) in [7, 11) is 0. The van der Waals surface area contributed by atoms with Gasteiger partial charge in [0.05, 0.1) is 0 Å². The number of rotatable bonds is 2. The average molecular weight is 157 g/mol. The predicted octanol–water partition coefficient (Wildman–Crippen LogP) is 1.04. The summed E-state index contributed by atoms with van der Waals surface area (Å²) in [5.74, 6) is -0.102. The van der Waals surface area contributed by atoms with Crippen molar-refractivity contribution in [2.24, 2.45) is 0 Å². The second-order valence-corrected chi connectivity index (χ2v) is 2.98. The minimum absolute atomic E-state index is 0.102. The summed E-state index contributed by atoms with van der Waals surface area (Å²) < 4.78 is 5.01. The van der Waals surface area contributed by atoms with Crippen LogP contribution in [0.15, 0.2) is 0 Å². The van der Waals surface area contributed by atoms with E-state index in [2.05, 4.69) is 5.32 Å². The third-order valence-electron chi connectivity index (χ3n) is 2.36. The number of carbonyl (C=O) groups is 1. The van der Waals surface area contributed by atoms with Gasteiger partial charge in [0.25, 0.3) is 0 Å². The Morgan fingerprint density at radius 1 is 1.55 bits per heavy atom. The fourth-order valence-electron chi connectivity index (χ4n) is 1.49. The first-order chi connectivity index (χ1) is 5.14. The Morgan fingerprint density at radius 2 is 2.09 bits per heavy atom. The van der Waals surface area contributed by atoms with Crippen molar-refractivity contribution in [3.05, 3.63) is 0 Å². The molecule has 1 aliphatic heterocycles. The molecule has 3 heteroatoms. The fraction of sp³-hybridized carbons (Fsp3) is 0.875. The van der Waals surface area contributed by atoms with Crippen LogP contribution in [-0.4, -0.2) is 17.7 Å². The minimum atomic E-state index is -0.403. The highest BCUT2D eigenvalue weighted by Gasteiger charge is 2.43. The number of cyclic esters (lactones) is 1. The van der Waals surface area contributed by atoms with Crippen LogP contribution in [0.25, 0.3) is 0 Å². The molecular weight excluding hydrogens is 142 g/mol. The molecule has 1 rings (SSSR count). The van der Waals surface area contributed by atoms with Gasteiger partial charge in [-0.25, -0.2) is 4.79 Å². The second kappa shape index (κ2) is 2.81. The Balaban J connectivity index is 2.76. The molecule has 1 N–H and O–H groups in total. The Kier molecular flexibility index (Phi) is 2.18. The minimum Gasteiger partial charge on any atom is -0.445 e. The third kappa shape index (κ3) is 1.25. The highest BCUT2D eigenvalue weighted by atomic mass is 16.6. The van der Waals surface area contributed by atoms with Crippen molar-refractivity contribution in [3.8, 4) is 0 Å². The summed E-state index contributed by atoms with van der Waals surface area (Å²) in [6.45, 7) is 5.84. The van der Waals surface area contributed by atoms with Crippen molar-refractivity contribution in [1.82, 2.24) is 5.32 Å². The SMILES string of the molecule is CCC1(CC)NC(C)OC1=O.